The Morgan fingerprint density at radius 3 is 1.49 bits per heavy atom. The Balaban J connectivity index is 0.000000315. The van der Waals surface area contributed by atoms with Crippen molar-refractivity contribution >= 4 is 50.6 Å². The number of carboxylic acids is 1. The molecule has 0 aliphatic heterocycles. The van der Waals surface area contributed by atoms with Gasteiger partial charge in [-0.1, -0.05) is 15.9 Å². The van der Waals surface area contributed by atoms with Crippen LogP contribution >= 0.6 is 15.9 Å². The van der Waals surface area contributed by atoms with Crippen LogP contribution in [-0.2, 0) is 31.4 Å². The third-order valence-electron chi connectivity index (χ3n) is 8.08. The Morgan fingerprint density at radius 2 is 1.18 bits per heavy atom. The first-order valence-electron chi connectivity index (χ1n) is 16.9. The second-order valence-electron chi connectivity index (χ2n) is 13.7. The molecule has 0 spiro atoms. The molecule has 4 rings (SSSR count). The van der Waals surface area contributed by atoms with Gasteiger partial charge in [-0.2, -0.15) is 26.3 Å². The number of nitrogens with one attached hydrogen (secondary N) is 2. The monoisotopic (exact) mass is 860 g/mol. The van der Waals surface area contributed by atoms with Crippen LogP contribution in [0.15, 0.2) is 36.4 Å². The van der Waals surface area contributed by atoms with Crippen molar-refractivity contribution in [3.63, 3.8) is 0 Å². The molecule has 0 bridgehead atoms. The Kier molecular flexibility index (Phi) is 17.6. The Labute approximate surface area is 320 Å². The first kappa shape index (κ1) is 46.9. The van der Waals surface area contributed by atoms with E-state index in [2.05, 4.69) is 26.6 Å². The van der Waals surface area contributed by atoms with Crippen molar-refractivity contribution in [2.75, 3.05) is 22.6 Å². The number of aliphatic hydroxyl groups is 1. The van der Waals surface area contributed by atoms with E-state index in [0.29, 0.717) is 51.4 Å². The summed E-state index contributed by atoms with van der Waals surface area (Å²) in [6, 6.07) is 5.60. The number of benzene rings is 2. The minimum absolute atomic E-state index is 0.0315. The molecule has 2 aliphatic carbocycles. The van der Waals surface area contributed by atoms with Crippen LogP contribution in [0.3, 0.4) is 0 Å². The average molecular weight is 862 g/mol. The van der Waals surface area contributed by atoms with Gasteiger partial charge in [-0.15, -0.1) is 0 Å². The second-order valence-corrected chi connectivity index (χ2v) is 14.2. The van der Waals surface area contributed by atoms with Gasteiger partial charge in [0.15, 0.2) is 0 Å². The molecule has 0 aromatic heterocycles. The van der Waals surface area contributed by atoms with E-state index in [4.69, 9.17) is 14.6 Å². The van der Waals surface area contributed by atoms with Crippen LogP contribution in [-0.4, -0.2) is 73.8 Å². The molecule has 2 aromatic carbocycles. The van der Waals surface area contributed by atoms with Crippen LogP contribution in [0.5, 0.6) is 0 Å². The van der Waals surface area contributed by atoms with Gasteiger partial charge in [-0.3, -0.25) is 25.0 Å². The van der Waals surface area contributed by atoms with E-state index in [1.54, 1.807) is 0 Å². The molecular weight excluding hydrogens is 818 g/mol. The van der Waals surface area contributed by atoms with E-state index in [-0.39, 0.29) is 59.2 Å². The van der Waals surface area contributed by atoms with E-state index in [0.717, 1.165) is 24.3 Å². The zero-order chi connectivity index (χ0) is 41.7. The summed E-state index contributed by atoms with van der Waals surface area (Å²) in [5, 5.41) is 45.5. The van der Waals surface area contributed by atoms with E-state index in [9.17, 15) is 61.3 Å². The topological polar surface area (TPSA) is 203 Å². The predicted molar refractivity (Wildman–Crippen MR) is 191 cm³/mol. The number of nitro groups is 2. The lowest BCUT2D eigenvalue weighted by atomic mass is 9.92. The number of rotatable bonds is 10. The fourth-order valence-corrected chi connectivity index (χ4v) is 5.76. The number of ether oxygens (including phenoxy) is 2. The van der Waals surface area contributed by atoms with E-state index >= 15 is 0 Å². The van der Waals surface area contributed by atoms with E-state index < -0.39 is 50.7 Å². The first-order valence-corrected chi connectivity index (χ1v) is 18.0. The molecule has 0 radical (unpaired) electrons. The van der Waals surface area contributed by atoms with Crippen molar-refractivity contribution in [1.82, 2.24) is 0 Å². The minimum atomic E-state index is -4.82. The maximum atomic E-state index is 13.0. The van der Waals surface area contributed by atoms with Crippen LogP contribution in [0.1, 0.15) is 83.3 Å². The number of anilines is 2. The van der Waals surface area contributed by atoms with Gasteiger partial charge in [0.25, 0.3) is 11.4 Å². The Bertz CT molecular complexity index is 1610. The van der Waals surface area contributed by atoms with Gasteiger partial charge in [0.2, 0.25) is 0 Å². The number of carbonyl (C=O) groups is 2. The summed E-state index contributed by atoms with van der Waals surface area (Å²) in [7, 11) is 0. The van der Waals surface area contributed by atoms with Crippen LogP contribution < -0.4 is 10.6 Å². The summed E-state index contributed by atoms with van der Waals surface area (Å²) in [6.07, 6.45) is -5.26. The third kappa shape index (κ3) is 17.0. The van der Waals surface area contributed by atoms with Gasteiger partial charge in [0.05, 0.1) is 22.1 Å². The molecule has 0 atom stereocenters. The fraction of sp³-hybridized carbons (Fsp3) is 0.588. The smallest absolute Gasteiger partial charge is 0.423 e. The number of hydrogen-bond donors (Lipinski definition) is 4. The molecular formula is C34H43BrF6N4O10. The predicted octanol–water partition coefficient (Wildman–Crippen LogP) is 8.49. The maximum Gasteiger partial charge on any atom is 0.423 e. The number of nitro benzene ring substituents is 2. The Morgan fingerprint density at radius 1 is 0.782 bits per heavy atom. The molecule has 55 heavy (non-hydrogen) atoms. The van der Waals surface area contributed by atoms with E-state index in [1.807, 2.05) is 20.8 Å². The number of halogens is 7. The van der Waals surface area contributed by atoms with Gasteiger partial charge in [-0.25, -0.2) is 4.79 Å². The molecule has 2 fully saturated rings. The molecule has 2 saturated carbocycles. The lowest BCUT2D eigenvalue weighted by molar-refractivity contribution is -0.388. The number of esters is 1. The highest BCUT2D eigenvalue weighted by Gasteiger charge is 2.39. The van der Waals surface area contributed by atoms with Crippen LogP contribution in [0.25, 0.3) is 0 Å². The summed E-state index contributed by atoms with van der Waals surface area (Å²) in [4.78, 5) is 40.3. The van der Waals surface area contributed by atoms with Crippen molar-refractivity contribution in [2.45, 2.75) is 114 Å². The first-order chi connectivity index (χ1) is 25.4. The quantitative estimate of drug-likeness (QED) is 0.0584. The zero-order valence-electron chi connectivity index (χ0n) is 30.0. The molecule has 4 N–H and O–H groups in total. The van der Waals surface area contributed by atoms with Gasteiger partial charge >= 0.3 is 24.3 Å². The van der Waals surface area contributed by atoms with Gasteiger partial charge in [0, 0.05) is 35.6 Å². The third-order valence-corrected chi connectivity index (χ3v) is 8.54. The molecule has 2 aromatic rings. The number of carboxylic acid groups (broad SMARTS) is 1. The van der Waals surface area contributed by atoms with Crippen molar-refractivity contribution < 1.29 is 65.5 Å². The minimum Gasteiger partial charge on any atom is -0.480 e. The van der Waals surface area contributed by atoms with Gasteiger partial charge in [-0.05, 0) is 96.4 Å². The molecule has 0 heterocycles. The van der Waals surface area contributed by atoms with Gasteiger partial charge < -0.3 is 30.3 Å². The highest BCUT2D eigenvalue weighted by molar-refractivity contribution is 9.09. The van der Waals surface area contributed by atoms with Crippen LogP contribution in [0.2, 0.25) is 0 Å². The lowest BCUT2D eigenvalue weighted by Crippen LogP contribution is -2.30. The molecule has 2 aliphatic rings. The average Bonchev–Trinajstić information content (AvgIpc) is 3.08. The summed E-state index contributed by atoms with van der Waals surface area (Å²) in [5.41, 5.74) is -4.47. The number of aliphatic hydroxyl groups excluding tert-OH is 1. The molecule has 0 unspecified atom stereocenters. The molecule has 0 saturated heterocycles. The highest BCUT2D eigenvalue weighted by Crippen LogP contribution is 2.39. The normalized spacial score (nSPS) is 20.1. The fourth-order valence-electron chi connectivity index (χ4n) is 5.65. The lowest BCUT2D eigenvalue weighted by Gasteiger charge is -2.29. The van der Waals surface area contributed by atoms with Crippen LogP contribution in [0.4, 0.5) is 49.1 Å². The molecule has 308 valence electrons. The molecule has 14 nitrogen and oxygen atoms in total. The zero-order valence-corrected chi connectivity index (χ0v) is 31.6. The molecule has 21 heteroatoms. The largest absolute Gasteiger partial charge is 0.480 e. The van der Waals surface area contributed by atoms with Crippen molar-refractivity contribution in [2.24, 2.45) is 0 Å². The maximum absolute atomic E-state index is 13.0. The van der Waals surface area contributed by atoms with Crippen molar-refractivity contribution in [3.8, 4) is 0 Å². The van der Waals surface area contributed by atoms with Crippen LogP contribution in [0, 0.1) is 20.2 Å². The van der Waals surface area contributed by atoms with Crippen molar-refractivity contribution in [1.29, 1.82) is 0 Å². The number of hydrogen-bond acceptors (Lipinski definition) is 11. The highest BCUT2D eigenvalue weighted by atomic mass is 79.9. The summed E-state index contributed by atoms with van der Waals surface area (Å²) < 4.78 is 87.6. The number of aliphatic carboxylic acids is 1. The summed E-state index contributed by atoms with van der Waals surface area (Å²) >= 11 is 2.99. The van der Waals surface area contributed by atoms with E-state index in [1.165, 1.54) is 12.1 Å². The second kappa shape index (κ2) is 20.6. The standard InChI is InChI=1S/C15H17F3N2O5.C13H15F3N2O3.C6H11BrO2/c16-15(17,18)12-7-10(3-6-13(12)20(23)24)19-9-1-4-11(5-2-9)25-8-14(21)22;14-13(15,16)11-7-9(3-6-12(11)18(20)21)17-8-1-4-10(19)5-2-8;1-6(2,3)9-5(8)4-7/h3,6-7,9,11,19H,1-2,4-5,8H2,(H,21,22);3,6-8,10,17,19H,1-2,4-5H2;4H2,1-3H3. The number of carbonyl (C=O) groups excluding carboxylic acids is 1. The SMILES string of the molecule is CC(C)(C)OC(=O)CBr.O=C(O)COC1CCC(Nc2ccc([N+](=O)[O-])c(C(F)(F)F)c2)CC1.O=[N+]([O-])c1ccc(NC2CCC(O)CC2)cc1C(F)(F)F. The number of alkyl halides is 7. The Hall–Kier alpha value is -4.24. The van der Waals surface area contributed by atoms with Gasteiger partial charge in [0.1, 0.15) is 28.7 Å². The molecule has 0 amide bonds. The summed E-state index contributed by atoms with van der Waals surface area (Å²) in [6.45, 7) is 5.15. The summed E-state index contributed by atoms with van der Waals surface area (Å²) in [5.74, 6) is -1.27. The number of nitrogens with zero attached hydrogens (tertiary/aromatic N) is 2. The van der Waals surface area contributed by atoms with Crippen molar-refractivity contribution in [3.05, 3.63) is 67.8 Å².